The molecular formula is C25H35N3. The van der Waals surface area contributed by atoms with Crippen LogP contribution in [0.4, 0.5) is 5.69 Å². The van der Waals surface area contributed by atoms with Crippen molar-refractivity contribution in [2.24, 2.45) is 16.3 Å². The van der Waals surface area contributed by atoms with Crippen molar-refractivity contribution in [3.63, 3.8) is 0 Å². The van der Waals surface area contributed by atoms with Crippen LogP contribution in [0, 0.1) is 11.3 Å². The molecule has 1 heterocycles. The van der Waals surface area contributed by atoms with Crippen LogP contribution in [0.3, 0.4) is 0 Å². The Balaban J connectivity index is 1.40. The van der Waals surface area contributed by atoms with Crippen molar-refractivity contribution < 1.29 is 0 Å². The van der Waals surface area contributed by atoms with Gasteiger partial charge in [-0.1, -0.05) is 18.7 Å². The third kappa shape index (κ3) is 4.04. The summed E-state index contributed by atoms with van der Waals surface area (Å²) in [5.41, 5.74) is 13.8. The summed E-state index contributed by atoms with van der Waals surface area (Å²) in [6, 6.07) is 4.81. The minimum atomic E-state index is 0.434. The number of benzene rings is 1. The molecule has 3 fully saturated rings. The predicted molar refractivity (Wildman–Crippen MR) is 121 cm³/mol. The quantitative estimate of drug-likeness (QED) is 0.529. The Kier molecular flexibility index (Phi) is 5.11. The van der Waals surface area contributed by atoms with E-state index in [2.05, 4.69) is 44.0 Å². The Morgan fingerprint density at radius 3 is 2.43 bits per heavy atom. The highest BCUT2D eigenvalue weighted by molar-refractivity contribution is 5.89. The van der Waals surface area contributed by atoms with Crippen molar-refractivity contribution in [1.82, 2.24) is 4.90 Å². The van der Waals surface area contributed by atoms with E-state index >= 15 is 0 Å². The van der Waals surface area contributed by atoms with Gasteiger partial charge in [-0.25, -0.2) is 0 Å². The van der Waals surface area contributed by atoms with Gasteiger partial charge < -0.3 is 10.6 Å². The van der Waals surface area contributed by atoms with Crippen LogP contribution in [0.25, 0.3) is 5.57 Å². The second-order valence-electron chi connectivity index (χ2n) is 9.67. The zero-order chi connectivity index (χ0) is 19.9. The summed E-state index contributed by atoms with van der Waals surface area (Å²) in [7, 11) is 0. The molecule has 2 aliphatic carbocycles. The van der Waals surface area contributed by atoms with E-state index < -0.39 is 0 Å². The molecule has 2 N–H and O–H groups in total. The van der Waals surface area contributed by atoms with Crippen molar-refractivity contribution in [3.8, 4) is 0 Å². The average molecular weight is 378 g/mol. The van der Waals surface area contributed by atoms with Gasteiger partial charge in [0, 0.05) is 47.7 Å². The Morgan fingerprint density at radius 2 is 1.86 bits per heavy atom. The summed E-state index contributed by atoms with van der Waals surface area (Å²) in [5.74, 6) is 0.846. The molecule has 0 atom stereocenters. The minimum absolute atomic E-state index is 0.434. The third-order valence-electron chi connectivity index (χ3n) is 7.01. The number of aliphatic imine (C=N–C) groups is 1. The van der Waals surface area contributed by atoms with Gasteiger partial charge in [-0.05, 0) is 88.0 Å². The molecule has 0 unspecified atom stereocenters. The molecule has 3 nitrogen and oxygen atoms in total. The van der Waals surface area contributed by atoms with E-state index in [9.17, 15) is 0 Å². The maximum absolute atomic E-state index is 6.38. The lowest BCUT2D eigenvalue weighted by Crippen LogP contribution is -2.56. The molecule has 28 heavy (non-hydrogen) atoms. The first-order valence-electron chi connectivity index (χ1n) is 10.9. The minimum Gasteiger partial charge on any atom is -0.398 e. The standard InChI is InChI=1S/C25H35N3/c1-17(2)23-12-21(24(26)13-20(23)11-19-5-6-19)14-27-22-7-9-25(10-8-22)15-28(16-25)18(3)4/h12-14,19,22H,1,3,5-11,15-16,26H2,2,4H3. The molecule has 0 radical (unpaired) electrons. The maximum Gasteiger partial charge on any atom is 0.0500 e. The van der Waals surface area contributed by atoms with E-state index in [0.717, 1.165) is 29.2 Å². The van der Waals surface area contributed by atoms with E-state index in [-0.39, 0.29) is 0 Å². The molecule has 1 aliphatic heterocycles. The third-order valence-corrected chi connectivity index (χ3v) is 7.01. The summed E-state index contributed by atoms with van der Waals surface area (Å²) < 4.78 is 0. The van der Waals surface area contributed by atoms with Crippen LogP contribution in [-0.4, -0.2) is 30.2 Å². The number of nitrogens with two attached hydrogens (primary N) is 1. The molecule has 0 amide bonds. The van der Waals surface area contributed by atoms with E-state index in [1.165, 1.54) is 68.4 Å². The van der Waals surface area contributed by atoms with Gasteiger partial charge in [0.05, 0.1) is 0 Å². The van der Waals surface area contributed by atoms with Gasteiger partial charge in [0.1, 0.15) is 0 Å². The lowest BCUT2D eigenvalue weighted by atomic mass is 9.67. The summed E-state index contributed by atoms with van der Waals surface area (Å²) >= 11 is 0. The smallest absolute Gasteiger partial charge is 0.0500 e. The molecule has 0 bridgehead atoms. The molecule has 1 aromatic rings. The van der Waals surface area contributed by atoms with Gasteiger partial charge in [0.15, 0.2) is 0 Å². The molecular weight excluding hydrogens is 342 g/mol. The number of likely N-dealkylation sites (tertiary alicyclic amines) is 1. The van der Waals surface area contributed by atoms with Crippen molar-refractivity contribution in [1.29, 1.82) is 0 Å². The highest BCUT2D eigenvalue weighted by Gasteiger charge is 2.44. The Hall–Kier alpha value is -2.03. The van der Waals surface area contributed by atoms with Crippen LogP contribution in [0.5, 0.6) is 0 Å². The first kappa shape index (κ1) is 19.3. The van der Waals surface area contributed by atoms with Gasteiger partial charge in [-0.15, -0.1) is 0 Å². The zero-order valence-corrected chi connectivity index (χ0v) is 17.6. The van der Waals surface area contributed by atoms with Crippen LogP contribution in [0.1, 0.15) is 69.1 Å². The first-order chi connectivity index (χ1) is 13.3. The average Bonchev–Trinajstić information content (AvgIpc) is 3.43. The molecule has 4 rings (SSSR count). The van der Waals surface area contributed by atoms with E-state index in [4.69, 9.17) is 10.7 Å². The molecule has 1 saturated heterocycles. The van der Waals surface area contributed by atoms with Gasteiger partial charge >= 0.3 is 0 Å². The van der Waals surface area contributed by atoms with Crippen LogP contribution >= 0.6 is 0 Å². The summed E-state index contributed by atoms with van der Waals surface area (Å²) in [5, 5.41) is 0. The number of hydrogen-bond donors (Lipinski definition) is 1. The van der Waals surface area contributed by atoms with Crippen molar-refractivity contribution in [2.45, 2.75) is 64.8 Å². The van der Waals surface area contributed by atoms with Crippen LogP contribution < -0.4 is 5.73 Å². The maximum atomic E-state index is 6.38. The summed E-state index contributed by atoms with van der Waals surface area (Å²) in [6.07, 6.45) is 10.8. The SMILES string of the molecule is C=C(C)c1cc(C=NC2CCC3(CC2)CN(C(=C)C)C3)c(N)cc1CC1CC1. The van der Waals surface area contributed by atoms with Gasteiger partial charge in [0.25, 0.3) is 0 Å². The largest absolute Gasteiger partial charge is 0.398 e. The number of anilines is 1. The fourth-order valence-corrected chi connectivity index (χ4v) is 4.89. The van der Waals surface area contributed by atoms with Crippen molar-refractivity contribution >= 4 is 17.5 Å². The molecule has 150 valence electrons. The van der Waals surface area contributed by atoms with Gasteiger partial charge in [-0.3, -0.25) is 4.99 Å². The van der Waals surface area contributed by atoms with E-state index in [0.29, 0.717) is 11.5 Å². The molecule has 3 heteroatoms. The lowest BCUT2D eigenvalue weighted by Gasteiger charge is -2.54. The highest BCUT2D eigenvalue weighted by Crippen LogP contribution is 2.45. The van der Waals surface area contributed by atoms with Crippen molar-refractivity contribution in [2.75, 3.05) is 18.8 Å². The fourth-order valence-electron chi connectivity index (χ4n) is 4.89. The molecule has 3 aliphatic rings. The number of rotatable bonds is 6. The van der Waals surface area contributed by atoms with E-state index in [1.54, 1.807) is 0 Å². The zero-order valence-electron chi connectivity index (χ0n) is 17.6. The first-order valence-corrected chi connectivity index (χ1v) is 10.9. The normalized spacial score (nSPS) is 21.9. The van der Waals surface area contributed by atoms with Crippen molar-refractivity contribution in [3.05, 3.63) is 47.7 Å². The summed E-state index contributed by atoms with van der Waals surface area (Å²) in [6.45, 7) is 14.8. The van der Waals surface area contributed by atoms with Crippen LogP contribution in [0.2, 0.25) is 0 Å². The topological polar surface area (TPSA) is 41.6 Å². The predicted octanol–water partition coefficient (Wildman–Crippen LogP) is 5.45. The second kappa shape index (κ2) is 7.42. The Morgan fingerprint density at radius 1 is 1.18 bits per heavy atom. The molecule has 1 aromatic carbocycles. The molecule has 2 saturated carbocycles. The van der Waals surface area contributed by atoms with E-state index in [1.807, 2.05) is 6.21 Å². The number of allylic oxidation sites excluding steroid dienone is 2. The second-order valence-corrected chi connectivity index (χ2v) is 9.67. The number of nitrogens with zero attached hydrogens (tertiary/aromatic N) is 2. The highest BCUT2D eigenvalue weighted by atomic mass is 15.2. The van der Waals surface area contributed by atoms with Gasteiger partial charge in [0.2, 0.25) is 0 Å². The lowest BCUT2D eigenvalue weighted by molar-refractivity contribution is -0.00679. The Labute approximate surface area is 170 Å². The number of hydrogen-bond acceptors (Lipinski definition) is 3. The Bertz CT molecular complexity index is 799. The van der Waals surface area contributed by atoms with Gasteiger partial charge in [-0.2, -0.15) is 0 Å². The van der Waals surface area contributed by atoms with Crippen LogP contribution in [0.15, 0.2) is 36.0 Å². The molecule has 1 spiro atoms. The fraction of sp³-hybridized carbons (Fsp3) is 0.560. The van der Waals surface area contributed by atoms with Crippen LogP contribution in [-0.2, 0) is 6.42 Å². The number of nitrogen functional groups attached to an aromatic ring is 1. The molecule has 0 aromatic heterocycles. The summed E-state index contributed by atoms with van der Waals surface area (Å²) in [4.78, 5) is 7.34. The monoisotopic (exact) mass is 377 g/mol.